The minimum absolute atomic E-state index is 0.0347. The molecule has 0 aromatic rings. The Balaban J connectivity index is 2.52. The average molecular weight is 211 g/mol. The predicted octanol–water partition coefficient (Wildman–Crippen LogP) is 0.848. The molecule has 1 saturated heterocycles. The van der Waals surface area contributed by atoms with E-state index in [2.05, 4.69) is 0 Å². The van der Waals surface area contributed by atoms with Crippen molar-refractivity contribution in [3.05, 3.63) is 0 Å². The fraction of sp³-hybridized carbons (Fsp3) is 0.800. The van der Waals surface area contributed by atoms with E-state index in [1.165, 1.54) is 0 Å². The van der Waals surface area contributed by atoms with E-state index >= 15 is 0 Å². The first-order chi connectivity index (χ1) is 7.00. The fourth-order valence-corrected chi connectivity index (χ4v) is 1.38. The van der Waals surface area contributed by atoms with E-state index in [0.717, 1.165) is 6.42 Å². The highest BCUT2D eigenvalue weighted by molar-refractivity contribution is 5.69. The second-order valence-electron chi connectivity index (χ2n) is 4.06. The van der Waals surface area contributed by atoms with Crippen LogP contribution in [0.4, 0.5) is 4.79 Å². The van der Waals surface area contributed by atoms with E-state index in [4.69, 9.17) is 15.7 Å². The molecule has 1 aliphatic rings. The number of carbonyl (C=O) groups is 1. The lowest BCUT2D eigenvalue weighted by Gasteiger charge is -2.24. The van der Waals surface area contributed by atoms with Crippen LogP contribution in [0.1, 0.15) is 26.7 Å². The molecule has 1 rings (SSSR count). The molecule has 0 aromatic carbocycles. The van der Waals surface area contributed by atoms with Crippen molar-refractivity contribution in [2.75, 3.05) is 13.1 Å². The molecule has 1 aliphatic heterocycles. The molecule has 2 N–H and O–H groups in total. The zero-order valence-corrected chi connectivity index (χ0v) is 9.19. The topological polar surface area (TPSA) is 79.3 Å². The summed E-state index contributed by atoms with van der Waals surface area (Å²) in [6.45, 7) is 4.56. The zero-order chi connectivity index (χ0) is 11.5. The normalized spacial score (nSPS) is 24.4. The zero-order valence-electron chi connectivity index (χ0n) is 9.19. The maximum absolute atomic E-state index is 11.6. The van der Waals surface area contributed by atoms with Crippen molar-refractivity contribution in [2.24, 2.45) is 5.73 Å². The van der Waals surface area contributed by atoms with E-state index in [-0.39, 0.29) is 6.04 Å². The number of rotatable bonds is 2. The molecule has 0 aromatic heterocycles. The summed E-state index contributed by atoms with van der Waals surface area (Å²) < 4.78 is 5.14. The van der Waals surface area contributed by atoms with Gasteiger partial charge < -0.3 is 15.4 Å². The number of likely N-dealkylation sites (tertiary alicyclic amines) is 1. The lowest BCUT2D eigenvalue weighted by Crippen LogP contribution is -2.38. The molecule has 2 unspecified atom stereocenters. The summed E-state index contributed by atoms with van der Waals surface area (Å²) in [5, 5.41) is 8.86. The third-order valence-corrected chi connectivity index (χ3v) is 2.71. The van der Waals surface area contributed by atoms with Gasteiger partial charge in [0.1, 0.15) is 6.07 Å². The van der Waals surface area contributed by atoms with Crippen molar-refractivity contribution in [1.29, 1.82) is 5.26 Å². The van der Waals surface area contributed by atoms with E-state index in [1.54, 1.807) is 11.8 Å². The molecule has 0 spiro atoms. The SMILES string of the molecule is CCC(C)(C#N)OC(=O)N1CCC(N)C1. The Morgan fingerprint density at radius 2 is 2.47 bits per heavy atom. The van der Waals surface area contributed by atoms with Gasteiger partial charge in [0, 0.05) is 19.1 Å². The quantitative estimate of drug-likeness (QED) is 0.734. The Hall–Kier alpha value is -1.28. The van der Waals surface area contributed by atoms with Crippen LogP contribution in [0.25, 0.3) is 0 Å². The number of nitrogens with zero attached hydrogens (tertiary/aromatic N) is 2. The molecule has 5 nitrogen and oxygen atoms in total. The van der Waals surface area contributed by atoms with Gasteiger partial charge in [-0.3, -0.25) is 0 Å². The first-order valence-electron chi connectivity index (χ1n) is 5.15. The minimum atomic E-state index is -1.02. The number of carbonyl (C=O) groups excluding carboxylic acids is 1. The fourth-order valence-electron chi connectivity index (χ4n) is 1.38. The summed E-state index contributed by atoms with van der Waals surface area (Å²) in [5.74, 6) is 0. The molecule has 1 heterocycles. The molecule has 1 amide bonds. The summed E-state index contributed by atoms with van der Waals surface area (Å²) in [5.41, 5.74) is 4.65. The Morgan fingerprint density at radius 1 is 1.80 bits per heavy atom. The van der Waals surface area contributed by atoms with Crippen LogP contribution in [-0.4, -0.2) is 35.7 Å². The monoisotopic (exact) mass is 211 g/mol. The van der Waals surface area contributed by atoms with E-state index in [1.807, 2.05) is 13.0 Å². The number of nitriles is 1. The molecule has 15 heavy (non-hydrogen) atoms. The third-order valence-electron chi connectivity index (χ3n) is 2.71. The van der Waals surface area contributed by atoms with Crippen molar-refractivity contribution in [2.45, 2.75) is 38.3 Å². The van der Waals surface area contributed by atoms with Gasteiger partial charge in [-0.05, 0) is 19.8 Å². The molecule has 2 atom stereocenters. The predicted molar refractivity (Wildman–Crippen MR) is 55.0 cm³/mol. The van der Waals surface area contributed by atoms with Gasteiger partial charge in [-0.25, -0.2) is 4.79 Å². The molecular formula is C10H17N3O2. The van der Waals surface area contributed by atoms with Crippen LogP contribution >= 0.6 is 0 Å². The number of hydrogen-bond acceptors (Lipinski definition) is 4. The highest BCUT2D eigenvalue weighted by Gasteiger charge is 2.31. The Labute approximate surface area is 89.8 Å². The molecular weight excluding hydrogens is 194 g/mol. The van der Waals surface area contributed by atoms with Crippen LogP contribution in [0.3, 0.4) is 0 Å². The van der Waals surface area contributed by atoms with Gasteiger partial charge in [0.25, 0.3) is 0 Å². The van der Waals surface area contributed by atoms with E-state index < -0.39 is 11.7 Å². The van der Waals surface area contributed by atoms with Crippen LogP contribution in [0.2, 0.25) is 0 Å². The summed E-state index contributed by atoms with van der Waals surface area (Å²) in [4.78, 5) is 13.2. The van der Waals surface area contributed by atoms with Crippen molar-refractivity contribution in [3.63, 3.8) is 0 Å². The van der Waals surface area contributed by atoms with Gasteiger partial charge in [0.2, 0.25) is 0 Å². The van der Waals surface area contributed by atoms with Gasteiger partial charge >= 0.3 is 6.09 Å². The Morgan fingerprint density at radius 3 is 2.87 bits per heavy atom. The highest BCUT2D eigenvalue weighted by Crippen LogP contribution is 2.17. The summed E-state index contributed by atoms with van der Waals surface area (Å²) >= 11 is 0. The van der Waals surface area contributed by atoms with Crippen LogP contribution in [0.5, 0.6) is 0 Å². The van der Waals surface area contributed by atoms with Crippen LogP contribution in [0.15, 0.2) is 0 Å². The van der Waals surface area contributed by atoms with Crippen molar-refractivity contribution >= 4 is 6.09 Å². The van der Waals surface area contributed by atoms with Gasteiger partial charge in [0.05, 0.1) is 0 Å². The highest BCUT2D eigenvalue weighted by atomic mass is 16.6. The maximum atomic E-state index is 11.6. The van der Waals surface area contributed by atoms with Crippen molar-refractivity contribution in [1.82, 2.24) is 4.90 Å². The molecule has 0 bridgehead atoms. The van der Waals surface area contributed by atoms with Crippen molar-refractivity contribution < 1.29 is 9.53 Å². The maximum Gasteiger partial charge on any atom is 0.411 e. The molecule has 0 radical (unpaired) electrons. The van der Waals surface area contributed by atoms with E-state index in [0.29, 0.717) is 19.5 Å². The number of ether oxygens (including phenoxy) is 1. The van der Waals surface area contributed by atoms with Crippen LogP contribution in [0, 0.1) is 11.3 Å². The number of amides is 1. The van der Waals surface area contributed by atoms with Crippen LogP contribution in [-0.2, 0) is 4.74 Å². The average Bonchev–Trinajstić information content (AvgIpc) is 2.65. The molecule has 84 valence electrons. The van der Waals surface area contributed by atoms with Crippen molar-refractivity contribution in [3.8, 4) is 6.07 Å². The van der Waals surface area contributed by atoms with E-state index in [9.17, 15) is 4.79 Å². The molecule has 1 fully saturated rings. The number of hydrogen-bond donors (Lipinski definition) is 1. The molecule has 5 heteroatoms. The van der Waals surface area contributed by atoms with Gasteiger partial charge in [-0.1, -0.05) is 6.92 Å². The Bertz CT molecular complexity index is 287. The lowest BCUT2D eigenvalue weighted by atomic mass is 10.1. The second-order valence-corrected chi connectivity index (χ2v) is 4.06. The number of nitrogens with two attached hydrogens (primary N) is 1. The van der Waals surface area contributed by atoms with Gasteiger partial charge in [0.15, 0.2) is 5.60 Å². The van der Waals surface area contributed by atoms with Crippen LogP contribution < -0.4 is 5.73 Å². The smallest absolute Gasteiger partial charge is 0.411 e. The van der Waals surface area contributed by atoms with Gasteiger partial charge in [-0.15, -0.1) is 0 Å². The lowest BCUT2D eigenvalue weighted by molar-refractivity contribution is 0.0377. The summed E-state index contributed by atoms with van der Waals surface area (Å²) in [6.07, 6.45) is 0.841. The third kappa shape index (κ3) is 2.83. The van der Waals surface area contributed by atoms with Gasteiger partial charge in [-0.2, -0.15) is 5.26 Å². The summed E-state index contributed by atoms with van der Waals surface area (Å²) in [7, 11) is 0. The molecule has 0 aliphatic carbocycles. The standard InChI is InChI=1S/C10H17N3O2/c1-3-10(2,7-11)15-9(14)13-5-4-8(12)6-13/h8H,3-6,12H2,1-2H3. The first-order valence-corrected chi connectivity index (χ1v) is 5.15. The molecule has 0 saturated carbocycles. The first kappa shape index (κ1) is 11.8. The second kappa shape index (κ2) is 4.49. The largest absolute Gasteiger partial charge is 0.428 e. The summed E-state index contributed by atoms with van der Waals surface area (Å²) in [6, 6.07) is 2.03. The minimum Gasteiger partial charge on any atom is -0.428 e. The Kier molecular flexibility index (Phi) is 3.53.